The van der Waals surface area contributed by atoms with Gasteiger partial charge in [0.05, 0.1) is 23.7 Å². The van der Waals surface area contributed by atoms with Crippen molar-refractivity contribution < 1.29 is 4.74 Å². The Labute approximate surface area is 108 Å². The Hall–Kier alpha value is -0.770. The molecule has 2 aromatic rings. The molecule has 2 nitrogen and oxygen atoms in total. The van der Waals surface area contributed by atoms with E-state index in [9.17, 15) is 0 Å². The molecule has 0 aliphatic carbocycles. The molecule has 0 amide bonds. The molecule has 2 rings (SSSR count). The van der Waals surface area contributed by atoms with Crippen molar-refractivity contribution >= 4 is 34.5 Å². The van der Waals surface area contributed by atoms with Gasteiger partial charge in [-0.2, -0.15) is 0 Å². The SMILES string of the molecule is COc1ccc(-c2csc(CCl)n2)cc1Cl. The number of methoxy groups -OCH3 is 1. The molecule has 0 atom stereocenters. The number of ether oxygens (including phenoxy) is 1. The number of hydrogen-bond acceptors (Lipinski definition) is 3. The zero-order valence-electron chi connectivity index (χ0n) is 8.54. The second-order valence-electron chi connectivity index (χ2n) is 3.11. The minimum Gasteiger partial charge on any atom is -0.495 e. The summed E-state index contributed by atoms with van der Waals surface area (Å²) in [6.07, 6.45) is 0. The van der Waals surface area contributed by atoms with Crippen molar-refractivity contribution in [3.8, 4) is 17.0 Å². The van der Waals surface area contributed by atoms with E-state index >= 15 is 0 Å². The molecule has 0 spiro atoms. The fourth-order valence-electron chi connectivity index (χ4n) is 1.33. The van der Waals surface area contributed by atoms with Crippen LogP contribution in [0.2, 0.25) is 5.02 Å². The molecule has 84 valence electrons. The van der Waals surface area contributed by atoms with E-state index < -0.39 is 0 Å². The molecule has 0 radical (unpaired) electrons. The minimum absolute atomic E-state index is 0.439. The maximum atomic E-state index is 6.04. The predicted octanol–water partition coefficient (Wildman–Crippen LogP) is 4.21. The number of halogens is 2. The lowest BCUT2D eigenvalue weighted by Crippen LogP contribution is -1.85. The zero-order valence-corrected chi connectivity index (χ0v) is 10.9. The molecule has 0 aliphatic rings. The first kappa shape index (κ1) is 11.7. The van der Waals surface area contributed by atoms with Crippen LogP contribution in [0.3, 0.4) is 0 Å². The summed E-state index contributed by atoms with van der Waals surface area (Å²) in [7, 11) is 1.59. The highest BCUT2D eigenvalue weighted by Gasteiger charge is 2.07. The van der Waals surface area contributed by atoms with Gasteiger partial charge in [0.1, 0.15) is 10.8 Å². The molecule has 1 aromatic heterocycles. The van der Waals surface area contributed by atoms with Crippen LogP contribution in [0.5, 0.6) is 5.75 Å². The van der Waals surface area contributed by atoms with Crippen LogP contribution in [0, 0.1) is 0 Å². The number of thiazole rings is 1. The first-order chi connectivity index (χ1) is 7.74. The number of benzene rings is 1. The third-order valence-corrected chi connectivity index (χ3v) is 3.67. The van der Waals surface area contributed by atoms with Gasteiger partial charge in [-0.1, -0.05) is 11.6 Å². The van der Waals surface area contributed by atoms with Gasteiger partial charge >= 0.3 is 0 Å². The molecule has 1 aromatic carbocycles. The Balaban J connectivity index is 2.37. The van der Waals surface area contributed by atoms with Crippen molar-refractivity contribution in [2.75, 3.05) is 7.11 Å². The molecule has 0 saturated carbocycles. The minimum atomic E-state index is 0.439. The van der Waals surface area contributed by atoms with Gasteiger partial charge in [0.25, 0.3) is 0 Å². The van der Waals surface area contributed by atoms with Crippen LogP contribution in [-0.4, -0.2) is 12.1 Å². The zero-order chi connectivity index (χ0) is 11.5. The normalized spacial score (nSPS) is 10.4. The fraction of sp³-hybridized carbons (Fsp3) is 0.182. The van der Waals surface area contributed by atoms with Gasteiger partial charge in [0, 0.05) is 10.9 Å². The third-order valence-electron chi connectivity index (χ3n) is 2.11. The predicted molar refractivity (Wildman–Crippen MR) is 68.7 cm³/mol. The summed E-state index contributed by atoms with van der Waals surface area (Å²) in [4.78, 5) is 4.38. The summed E-state index contributed by atoms with van der Waals surface area (Å²) in [5.41, 5.74) is 1.86. The smallest absolute Gasteiger partial charge is 0.137 e. The van der Waals surface area contributed by atoms with Crippen LogP contribution in [-0.2, 0) is 5.88 Å². The van der Waals surface area contributed by atoms with E-state index in [0.29, 0.717) is 16.7 Å². The van der Waals surface area contributed by atoms with Crippen molar-refractivity contribution in [3.05, 3.63) is 33.6 Å². The lowest BCUT2D eigenvalue weighted by atomic mass is 10.2. The van der Waals surface area contributed by atoms with Crippen LogP contribution in [0.1, 0.15) is 5.01 Å². The van der Waals surface area contributed by atoms with E-state index in [2.05, 4.69) is 4.98 Å². The van der Waals surface area contributed by atoms with Crippen LogP contribution in [0.4, 0.5) is 0 Å². The van der Waals surface area contributed by atoms with Crippen molar-refractivity contribution in [1.82, 2.24) is 4.98 Å². The van der Waals surface area contributed by atoms with E-state index in [0.717, 1.165) is 16.3 Å². The maximum absolute atomic E-state index is 6.04. The van der Waals surface area contributed by atoms with Gasteiger partial charge in [0.2, 0.25) is 0 Å². The Morgan fingerprint density at radius 1 is 1.44 bits per heavy atom. The van der Waals surface area contributed by atoms with E-state index in [1.165, 1.54) is 0 Å². The molecule has 5 heteroatoms. The standard InChI is InChI=1S/C11H9Cl2NOS/c1-15-10-3-2-7(4-8(10)13)9-6-16-11(5-12)14-9/h2-4,6H,5H2,1H3. The Kier molecular flexibility index (Phi) is 3.69. The lowest BCUT2D eigenvalue weighted by molar-refractivity contribution is 0.415. The van der Waals surface area contributed by atoms with E-state index in [1.807, 2.05) is 23.6 Å². The van der Waals surface area contributed by atoms with Crippen molar-refractivity contribution in [2.45, 2.75) is 5.88 Å². The molecule has 0 fully saturated rings. The van der Waals surface area contributed by atoms with Crippen molar-refractivity contribution in [2.24, 2.45) is 0 Å². The maximum Gasteiger partial charge on any atom is 0.137 e. The first-order valence-electron chi connectivity index (χ1n) is 4.59. The number of aromatic nitrogens is 1. The molecule has 16 heavy (non-hydrogen) atoms. The average molecular weight is 274 g/mol. The molecular formula is C11H9Cl2NOS. The largest absolute Gasteiger partial charge is 0.495 e. The topological polar surface area (TPSA) is 22.1 Å². The van der Waals surface area contributed by atoms with Gasteiger partial charge in [-0.3, -0.25) is 0 Å². The van der Waals surface area contributed by atoms with Crippen LogP contribution in [0.15, 0.2) is 23.6 Å². The molecular weight excluding hydrogens is 265 g/mol. The quantitative estimate of drug-likeness (QED) is 0.782. The summed E-state index contributed by atoms with van der Waals surface area (Å²) < 4.78 is 5.09. The highest BCUT2D eigenvalue weighted by molar-refractivity contribution is 7.10. The molecule has 0 saturated heterocycles. The molecule has 0 aliphatic heterocycles. The van der Waals surface area contributed by atoms with Crippen LogP contribution < -0.4 is 4.74 Å². The van der Waals surface area contributed by atoms with Gasteiger partial charge in [-0.15, -0.1) is 22.9 Å². The van der Waals surface area contributed by atoms with E-state index in [1.54, 1.807) is 18.4 Å². The number of rotatable bonds is 3. The number of hydrogen-bond donors (Lipinski definition) is 0. The van der Waals surface area contributed by atoms with Crippen molar-refractivity contribution in [1.29, 1.82) is 0 Å². The fourth-order valence-corrected chi connectivity index (χ4v) is 2.49. The van der Waals surface area contributed by atoms with Crippen LogP contribution in [0.25, 0.3) is 11.3 Å². The highest BCUT2D eigenvalue weighted by atomic mass is 35.5. The monoisotopic (exact) mass is 273 g/mol. The molecule has 0 bridgehead atoms. The average Bonchev–Trinajstić information content (AvgIpc) is 2.77. The summed E-state index contributed by atoms with van der Waals surface area (Å²) in [5.74, 6) is 1.10. The first-order valence-corrected chi connectivity index (χ1v) is 6.38. The number of alkyl halides is 1. The summed E-state index contributed by atoms with van der Waals surface area (Å²) in [6, 6.07) is 5.60. The summed E-state index contributed by atoms with van der Waals surface area (Å²) in [5, 5.41) is 3.46. The van der Waals surface area contributed by atoms with Crippen LogP contribution >= 0.6 is 34.5 Å². The van der Waals surface area contributed by atoms with Gasteiger partial charge < -0.3 is 4.74 Å². The second kappa shape index (κ2) is 5.04. The Bertz CT molecular complexity index is 498. The van der Waals surface area contributed by atoms with Gasteiger partial charge in [-0.05, 0) is 18.2 Å². The Morgan fingerprint density at radius 2 is 2.25 bits per heavy atom. The summed E-state index contributed by atoms with van der Waals surface area (Å²) in [6.45, 7) is 0. The van der Waals surface area contributed by atoms with Gasteiger partial charge in [0.15, 0.2) is 0 Å². The molecule has 1 heterocycles. The van der Waals surface area contributed by atoms with Crippen molar-refractivity contribution in [3.63, 3.8) is 0 Å². The number of nitrogens with zero attached hydrogens (tertiary/aromatic N) is 1. The molecule has 0 unspecified atom stereocenters. The summed E-state index contributed by atoms with van der Waals surface area (Å²) >= 11 is 13.3. The van der Waals surface area contributed by atoms with E-state index in [4.69, 9.17) is 27.9 Å². The third kappa shape index (κ3) is 2.32. The second-order valence-corrected chi connectivity index (χ2v) is 4.73. The Morgan fingerprint density at radius 3 is 2.81 bits per heavy atom. The molecule has 0 N–H and O–H groups in total. The highest BCUT2D eigenvalue weighted by Crippen LogP contribution is 2.30. The van der Waals surface area contributed by atoms with Gasteiger partial charge in [-0.25, -0.2) is 4.98 Å². The lowest BCUT2D eigenvalue weighted by Gasteiger charge is -2.03. The van der Waals surface area contributed by atoms with E-state index in [-0.39, 0.29) is 0 Å².